The fourth-order valence-electron chi connectivity index (χ4n) is 3.40. The first kappa shape index (κ1) is 21.4. The number of benzene rings is 1. The van der Waals surface area contributed by atoms with E-state index in [1.54, 1.807) is 0 Å². The summed E-state index contributed by atoms with van der Waals surface area (Å²) < 4.78 is 5.98. The van der Waals surface area contributed by atoms with Crippen LogP contribution < -0.4 is 0 Å². The van der Waals surface area contributed by atoms with E-state index in [1.807, 2.05) is 49.3 Å². The van der Waals surface area contributed by atoms with E-state index >= 15 is 0 Å². The van der Waals surface area contributed by atoms with Crippen LogP contribution in [0.15, 0.2) is 52.9 Å². The Balaban J connectivity index is 0.00000240. The number of fused-ring (bicyclic) bond motifs is 1. The number of nitrogens with zero attached hydrogens (tertiary/aromatic N) is 2. The van der Waals surface area contributed by atoms with Gasteiger partial charge >= 0.3 is 0 Å². The summed E-state index contributed by atoms with van der Waals surface area (Å²) in [7, 11) is 4.05. The highest BCUT2D eigenvalue weighted by Gasteiger charge is 2.25. The molecule has 0 fully saturated rings. The minimum absolute atomic E-state index is 0. The Morgan fingerprint density at radius 3 is 2.72 bits per heavy atom. The summed E-state index contributed by atoms with van der Waals surface area (Å²) in [4.78, 5) is 18.8. The number of hydrogen-bond donors (Lipinski definition) is 0. The molecule has 0 spiro atoms. The molecule has 2 aromatic heterocycles. The molecule has 4 nitrogen and oxygen atoms in total. The van der Waals surface area contributed by atoms with E-state index in [-0.39, 0.29) is 18.3 Å². The van der Waals surface area contributed by atoms with E-state index < -0.39 is 0 Å². The third-order valence-corrected chi connectivity index (χ3v) is 5.81. The molecular formula is C23H25ClN2O2S. The van der Waals surface area contributed by atoms with Crippen LogP contribution in [0.4, 0.5) is 0 Å². The molecule has 0 aliphatic carbocycles. The van der Waals surface area contributed by atoms with E-state index in [0.717, 1.165) is 46.3 Å². The third kappa shape index (κ3) is 5.18. The second-order valence-electron chi connectivity index (χ2n) is 7.32. The SMILES string of the molecule is CN(C)Cc1cc2c(o1)CN(C(=O)c1ccc(/C=C\c3ccccc3)s1)CC2.Cl. The first-order valence-corrected chi connectivity index (χ1v) is 10.3. The highest BCUT2D eigenvalue weighted by Crippen LogP contribution is 2.27. The largest absolute Gasteiger partial charge is 0.463 e. The van der Waals surface area contributed by atoms with Gasteiger partial charge in [0.1, 0.15) is 11.5 Å². The molecule has 0 radical (unpaired) electrons. The molecule has 152 valence electrons. The Hall–Kier alpha value is -2.34. The standard InChI is InChI=1S/C23H24N2O2S.ClH/c1-24(2)15-19-14-18-12-13-25(16-21(18)27-19)23(26)22-11-10-20(28-22)9-8-17-6-4-3-5-7-17;/h3-11,14H,12-13,15-16H2,1-2H3;1H/b9-8-;. The van der Waals surface area contributed by atoms with Gasteiger partial charge in [0.2, 0.25) is 0 Å². The van der Waals surface area contributed by atoms with Crippen LogP contribution in [-0.2, 0) is 19.5 Å². The van der Waals surface area contributed by atoms with Crippen LogP contribution in [0.5, 0.6) is 0 Å². The molecule has 1 aliphatic heterocycles. The van der Waals surface area contributed by atoms with Gasteiger partial charge in [0.15, 0.2) is 0 Å². The van der Waals surface area contributed by atoms with Crippen molar-refractivity contribution in [2.45, 2.75) is 19.5 Å². The number of furan rings is 1. The molecular weight excluding hydrogens is 404 g/mol. The molecule has 0 saturated carbocycles. The third-order valence-electron chi connectivity index (χ3n) is 4.77. The maximum Gasteiger partial charge on any atom is 0.264 e. The molecule has 0 saturated heterocycles. The summed E-state index contributed by atoms with van der Waals surface area (Å²) >= 11 is 1.53. The number of carbonyl (C=O) groups excluding carboxylic acids is 1. The molecule has 0 unspecified atom stereocenters. The number of thiophene rings is 1. The van der Waals surface area contributed by atoms with Crippen molar-refractivity contribution in [3.8, 4) is 0 Å². The van der Waals surface area contributed by atoms with Crippen molar-refractivity contribution in [1.82, 2.24) is 9.80 Å². The second kappa shape index (κ2) is 9.44. The van der Waals surface area contributed by atoms with Gasteiger partial charge in [0.05, 0.1) is 18.0 Å². The highest BCUT2D eigenvalue weighted by molar-refractivity contribution is 7.14. The lowest BCUT2D eigenvalue weighted by molar-refractivity contribution is 0.0723. The van der Waals surface area contributed by atoms with Crippen LogP contribution in [-0.4, -0.2) is 36.3 Å². The molecule has 3 heterocycles. The van der Waals surface area contributed by atoms with Crippen molar-refractivity contribution in [3.63, 3.8) is 0 Å². The van der Waals surface area contributed by atoms with Crippen LogP contribution in [0.2, 0.25) is 0 Å². The van der Waals surface area contributed by atoms with Gasteiger partial charge in [0, 0.05) is 11.4 Å². The first-order chi connectivity index (χ1) is 13.6. The van der Waals surface area contributed by atoms with Gasteiger partial charge in [-0.2, -0.15) is 0 Å². The van der Waals surface area contributed by atoms with Gasteiger partial charge in [-0.15, -0.1) is 23.7 Å². The maximum atomic E-state index is 12.9. The minimum Gasteiger partial charge on any atom is -0.463 e. The van der Waals surface area contributed by atoms with Crippen molar-refractivity contribution >= 4 is 41.8 Å². The summed E-state index contributed by atoms with van der Waals surface area (Å²) in [5.41, 5.74) is 2.39. The molecule has 0 N–H and O–H groups in total. The highest BCUT2D eigenvalue weighted by atomic mass is 35.5. The summed E-state index contributed by atoms with van der Waals surface area (Å²) in [6.07, 6.45) is 4.98. The zero-order valence-corrected chi connectivity index (χ0v) is 18.3. The van der Waals surface area contributed by atoms with E-state index in [0.29, 0.717) is 6.54 Å². The van der Waals surface area contributed by atoms with Crippen LogP contribution in [0.3, 0.4) is 0 Å². The van der Waals surface area contributed by atoms with E-state index in [9.17, 15) is 4.79 Å². The van der Waals surface area contributed by atoms with Gasteiger partial charge in [-0.05, 0) is 55.9 Å². The van der Waals surface area contributed by atoms with Gasteiger partial charge in [-0.25, -0.2) is 0 Å². The van der Waals surface area contributed by atoms with E-state index in [4.69, 9.17) is 4.42 Å². The Kier molecular flexibility index (Phi) is 6.96. The zero-order chi connectivity index (χ0) is 19.5. The van der Waals surface area contributed by atoms with Gasteiger partial charge in [-0.1, -0.05) is 36.4 Å². The molecule has 1 aromatic carbocycles. The minimum atomic E-state index is 0. The van der Waals surface area contributed by atoms with Crippen LogP contribution in [0.25, 0.3) is 12.2 Å². The van der Waals surface area contributed by atoms with Gasteiger partial charge in [0.25, 0.3) is 5.91 Å². The van der Waals surface area contributed by atoms with Crippen LogP contribution in [0, 0.1) is 0 Å². The number of halogens is 1. The van der Waals surface area contributed by atoms with Crippen LogP contribution in [0.1, 0.15) is 37.2 Å². The lowest BCUT2D eigenvalue weighted by atomic mass is 10.1. The van der Waals surface area contributed by atoms with E-state index in [1.165, 1.54) is 16.9 Å². The summed E-state index contributed by atoms with van der Waals surface area (Å²) in [5.74, 6) is 1.98. The maximum absolute atomic E-state index is 12.9. The second-order valence-corrected chi connectivity index (χ2v) is 8.44. The molecule has 4 rings (SSSR count). The monoisotopic (exact) mass is 428 g/mol. The average Bonchev–Trinajstić information content (AvgIpc) is 3.32. The average molecular weight is 429 g/mol. The first-order valence-electron chi connectivity index (χ1n) is 9.46. The van der Waals surface area contributed by atoms with Crippen molar-refractivity contribution in [3.05, 3.63) is 80.9 Å². The predicted octanol–water partition coefficient (Wildman–Crippen LogP) is 5.19. The van der Waals surface area contributed by atoms with E-state index in [2.05, 4.69) is 35.3 Å². The Morgan fingerprint density at radius 2 is 1.97 bits per heavy atom. The number of rotatable bonds is 5. The Bertz CT molecular complexity index is 991. The zero-order valence-electron chi connectivity index (χ0n) is 16.6. The van der Waals surface area contributed by atoms with Gasteiger partial charge < -0.3 is 14.2 Å². The summed E-state index contributed by atoms with van der Waals surface area (Å²) in [5, 5.41) is 0. The van der Waals surface area contributed by atoms with Crippen molar-refractivity contribution in [2.75, 3.05) is 20.6 Å². The fourth-order valence-corrected chi connectivity index (χ4v) is 4.28. The molecule has 3 aromatic rings. The van der Waals surface area contributed by atoms with Crippen molar-refractivity contribution in [1.29, 1.82) is 0 Å². The Labute approximate surface area is 181 Å². The molecule has 0 bridgehead atoms. The molecule has 29 heavy (non-hydrogen) atoms. The quantitative estimate of drug-likeness (QED) is 0.560. The number of amides is 1. The topological polar surface area (TPSA) is 36.7 Å². The molecule has 6 heteroatoms. The lowest BCUT2D eigenvalue weighted by Crippen LogP contribution is -2.35. The van der Waals surface area contributed by atoms with Crippen LogP contribution >= 0.6 is 23.7 Å². The lowest BCUT2D eigenvalue weighted by Gasteiger charge is -2.25. The normalized spacial score (nSPS) is 13.6. The summed E-state index contributed by atoms with van der Waals surface area (Å²) in [6.45, 7) is 2.07. The van der Waals surface area contributed by atoms with Crippen molar-refractivity contribution < 1.29 is 9.21 Å². The molecule has 0 atom stereocenters. The van der Waals surface area contributed by atoms with Gasteiger partial charge in [-0.3, -0.25) is 4.79 Å². The predicted molar refractivity (Wildman–Crippen MR) is 121 cm³/mol. The molecule has 1 aliphatic rings. The fraction of sp³-hybridized carbons (Fsp3) is 0.261. The Morgan fingerprint density at radius 1 is 1.17 bits per heavy atom. The van der Waals surface area contributed by atoms with Crippen molar-refractivity contribution in [2.24, 2.45) is 0 Å². The summed E-state index contributed by atoms with van der Waals surface area (Å²) in [6, 6.07) is 16.2. The smallest absolute Gasteiger partial charge is 0.264 e. The number of hydrogen-bond acceptors (Lipinski definition) is 4. The molecule has 1 amide bonds. The number of carbonyl (C=O) groups is 1.